The third-order valence-corrected chi connectivity index (χ3v) is 4.47. The van der Waals surface area contributed by atoms with Gasteiger partial charge in [0.05, 0.1) is 6.42 Å². The van der Waals surface area contributed by atoms with Crippen LogP contribution in [-0.2, 0) is 11.2 Å². The van der Waals surface area contributed by atoms with Gasteiger partial charge in [-0.3, -0.25) is 9.59 Å². The van der Waals surface area contributed by atoms with Gasteiger partial charge in [0, 0.05) is 17.1 Å². The predicted molar refractivity (Wildman–Crippen MR) is 108 cm³/mol. The van der Waals surface area contributed by atoms with E-state index in [1.165, 1.54) is 12.1 Å². The smallest absolute Gasteiger partial charge is 0.305 e. The van der Waals surface area contributed by atoms with Gasteiger partial charge in [-0.05, 0) is 41.3 Å². The minimum absolute atomic E-state index is 0.00510. The zero-order chi connectivity index (χ0) is 20.8. The molecule has 0 spiro atoms. The first-order valence-corrected chi connectivity index (χ1v) is 9.19. The molecule has 0 saturated carbocycles. The first kappa shape index (κ1) is 20.3. The maximum Gasteiger partial charge on any atom is 0.305 e. The lowest BCUT2D eigenvalue weighted by Gasteiger charge is -2.17. The molecular formula is C21H18ClN3O4. The lowest BCUT2D eigenvalue weighted by atomic mass is 9.99. The Morgan fingerprint density at radius 2 is 1.76 bits per heavy atom. The molecule has 2 aromatic carbocycles. The second kappa shape index (κ2) is 9.16. The summed E-state index contributed by atoms with van der Waals surface area (Å²) in [6.45, 7) is 0. The molecule has 3 aromatic rings. The van der Waals surface area contributed by atoms with Crippen molar-refractivity contribution >= 4 is 23.5 Å². The second-order valence-corrected chi connectivity index (χ2v) is 6.89. The fourth-order valence-electron chi connectivity index (χ4n) is 2.88. The SMILES string of the molecule is O=C(O)CC(Cc1ccc(-c2cccc(Cl)c2)cc1)NC(=O)c1ccc(O)nn1. The number of amides is 1. The first-order valence-electron chi connectivity index (χ1n) is 8.81. The van der Waals surface area contributed by atoms with Gasteiger partial charge in [-0.25, -0.2) is 0 Å². The summed E-state index contributed by atoms with van der Waals surface area (Å²) < 4.78 is 0. The Bertz CT molecular complexity index is 1010. The first-order chi connectivity index (χ1) is 13.9. The maximum atomic E-state index is 12.3. The number of halogens is 1. The third kappa shape index (κ3) is 5.76. The van der Waals surface area contributed by atoms with Gasteiger partial charge < -0.3 is 15.5 Å². The highest BCUT2D eigenvalue weighted by Crippen LogP contribution is 2.23. The topological polar surface area (TPSA) is 112 Å². The quantitative estimate of drug-likeness (QED) is 0.549. The van der Waals surface area contributed by atoms with E-state index >= 15 is 0 Å². The fraction of sp³-hybridized carbons (Fsp3) is 0.143. The highest BCUT2D eigenvalue weighted by molar-refractivity contribution is 6.30. The Labute approximate surface area is 172 Å². The molecule has 7 nitrogen and oxygen atoms in total. The van der Waals surface area contributed by atoms with Crippen LogP contribution < -0.4 is 5.32 Å². The molecule has 0 fully saturated rings. The third-order valence-electron chi connectivity index (χ3n) is 4.23. The van der Waals surface area contributed by atoms with Crippen molar-refractivity contribution in [2.45, 2.75) is 18.9 Å². The van der Waals surface area contributed by atoms with E-state index < -0.39 is 17.9 Å². The van der Waals surface area contributed by atoms with Crippen LogP contribution in [-0.4, -0.2) is 38.3 Å². The van der Waals surface area contributed by atoms with Gasteiger partial charge in [-0.1, -0.05) is 48.0 Å². The van der Waals surface area contributed by atoms with Crippen LogP contribution >= 0.6 is 11.6 Å². The van der Waals surface area contributed by atoms with Crippen molar-refractivity contribution in [3.05, 3.63) is 76.9 Å². The molecule has 0 radical (unpaired) electrons. The molecule has 0 saturated heterocycles. The summed E-state index contributed by atoms with van der Waals surface area (Å²) in [5.41, 5.74) is 2.83. The van der Waals surface area contributed by atoms with Gasteiger partial charge in [0.25, 0.3) is 5.91 Å². The van der Waals surface area contributed by atoms with Gasteiger partial charge in [-0.15, -0.1) is 10.2 Å². The number of hydrogen-bond acceptors (Lipinski definition) is 5. The van der Waals surface area contributed by atoms with Crippen molar-refractivity contribution in [1.82, 2.24) is 15.5 Å². The molecule has 3 rings (SSSR count). The molecule has 1 amide bonds. The van der Waals surface area contributed by atoms with Crippen LogP contribution in [0.25, 0.3) is 11.1 Å². The van der Waals surface area contributed by atoms with E-state index in [1.54, 1.807) is 6.07 Å². The Balaban J connectivity index is 1.71. The number of carboxylic acid groups (broad SMARTS) is 1. The van der Waals surface area contributed by atoms with Gasteiger partial charge in [-0.2, -0.15) is 0 Å². The normalized spacial score (nSPS) is 11.6. The lowest BCUT2D eigenvalue weighted by Crippen LogP contribution is -2.38. The number of carbonyl (C=O) groups is 2. The van der Waals surface area contributed by atoms with E-state index in [-0.39, 0.29) is 18.0 Å². The van der Waals surface area contributed by atoms with Crippen LogP contribution in [0.4, 0.5) is 0 Å². The number of carboxylic acids is 1. The minimum atomic E-state index is -1.03. The monoisotopic (exact) mass is 411 g/mol. The number of carbonyl (C=O) groups excluding carboxylic acids is 1. The summed E-state index contributed by atoms with van der Waals surface area (Å²) in [4.78, 5) is 23.5. The van der Waals surface area contributed by atoms with E-state index in [1.807, 2.05) is 42.5 Å². The van der Waals surface area contributed by atoms with Gasteiger partial charge >= 0.3 is 5.97 Å². The number of nitrogens with one attached hydrogen (secondary N) is 1. The van der Waals surface area contributed by atoms with Crippen LogP contribution in [0.5, 0.6) is 5.88 Å². The number of aromatic nitrogens is 2. The van der Waals surface area contributed by atoms with E-state index in [4.69, 9.17) is 16.7 Å². The summed E-state index contributed by atoms with van der Waals surface area (Å²) in [5, 5.41) is 28.7. The molecule has 3 N–H and O–H groups in total. The number of aromatic hydroxyl groups is 1. The van der Waals surface area contributed by atoms with Crippen LogP contribution in [0.3, 0.4) is 0 Å². The fourth-order valence-corrected chi connectivity index (χ4v) is 3.07. The van der Waals surface area contributed by atoms with E-state index in [2.05, 4.69) is 15.5 Å². The maximum absolute atomic E-state index is 12.3. The molecule has 0 aliphatic rings. The van der Waals surface area contributed by atoms with Crippen molar-refractivity contribution in [3.63, 3.8) is 0 Å². The summed E-state index contributed by atoms with van der Waals surface area (Å²) >= 11 is 6.03. The zero-order valence-electron chi connectivity index (χ0n) is 15.2. The van der Waals surface area contributed by atoms with Crippen molar-refractivity contribution in [3.8, 4) is 17.0 Å². The highest BCUT2D eigenvalue weighted by atomic mass is 35.5. The van der Waals surface area contributed by atoms with E-state index in [0.717, 1.165) is 16.7 Å². The number of aliphatic carboxylic acids is 1. The average Bonchev–Trinajstić information content (AvgIpc) is 2.68. The number of hydrogen-bond donors (Lipinski definition) is 3. The highest BCUT2D eigenvalue weighted by Gasteiger charge is 2.19. The average molecular weight is 412 g/mol. The molecule has 148 valence electrons. The molecule has 1 atom stereocenters. The lowest BCUT2D eigenvalue weighted by molar-refractivity contribution is -0.137. The van der Waals surface area contributed by atoms with Crippen LogP contribution in [0.15, 0.2) is 60.7 Å². The van der Waals surface area contributed by atoms with Crippen molar-refractivity contribution in [1.29, 1.82) is 0 Å². The zero-order valence-corrected chi connectivity index (χ0v) is 16.0. The van der Waals surface area contributed by atoms with Gasteiger partial charge in [0.1, 0.15) is 0 Å². The summed E-state index contributed by atoms with van der Waals surface area (Å²) in [6, 6.07) is 17.0. The molecule has 29 heavy (non-hydrogen) atoms. The molecule has 0 bridgehead atoms. The van der Waals surface area contributed by atoms with Crippen LogP contribution in [0.2, 0.25) is 5.02 Å². The Kier molecular flexibility index (Phi) is 6.41. The van der Waals surface area contributed by atoms with E-state index in [0.29, 0.717) is 11.4 Å². The van der Waals surface area contributed by atoms with Crippen molar-refractivity contribution < 1.29 is 19.8 Å². The second-order valence-electron chi connectivity index (χ2n) is 6.46. The van der Waals surface area contributed by atoms with Crippen LogP contribution in [0, 0.1) is 0 Å². The van der Waals surface area contributed by atoms with E-state index in [9.17, 15) is 14.7 Å². The van der Waals surface area contributed by atoms with Gasteiger partial charge in [0.15, 0.2) is 5.69 Å². The summed E-state index contributed by atoms with van der Waals surface area (Å²) in [7, 11) is 0. The number of nitrogens with zero attached hydrogens (tertiary/aromatic N) is 2. The molecule has 8 heteroatoms. The predicted octanol–water partition coefficient (Wildman–Crippen LogP) is 3.32. The standard InChI is InChI=1S/C21H18ClN3O4/c22-16-3-1-2-15(11-16)14-6-4-13(5-7-14)10-17(12-20(27)28)23-21(29)18-8-9-19(26)25-24-18/h1-9,11,17H,10,12H2,(H,23,29)(H,25,26)(H,27,28). The number of rotatable bonds is 7. The Morgan fingerprint density at radius 1 is 1.00 bits per heavy atom. The molecular weight excluding hydrogens is 394 g/mol. The molecule has 0 aliphatic heterocycles. The summed E-state index contributed by atoms with van der Waals surface area (Å²) in [5.74, 6) is -1.88. The van der Waals surface area contributed by atoms with Crippen LogP contribution in [0.1, 0.15) is 22.5 Å². The summed E-state index contributed by atoms with van der Waals surface area (Å²) in [6.07, 6.45) is 0.0900. The molecule has 1 heterocycles. The van der Waals surface area contributed by atoms with Crippen molar-refractivity contribution in [2.75, 3.05) is 0 Å². The molecule has 1 aromatic heterocycles. The molecule has 1 unspecified atom stereocenters. The van der Waals surface area contributed by atoms with Gasteiger partial charge in [0.2, 0.25) is 5.88 Å². The minimum Gasteiger partial charge on any atom is -0.492 e. The Morgan fingerprint density at radius 3 is 2.38 bits per heavy atom. The van der Waals surface area contributed by atoms with Crippen molar-refractivity contribution in [2.24, 2.45) is 0 Å². The largest absolute Gasteiger partial charge is 0.492 e. The Hall–Kier alpha value is -3.45. The number of benzene rings is 2. The molecule has 0 aliphatic carbocycles.